The maximum absolute atomic E-state index is 10.8. The first-order valence-corrected chi connectivity index (χ1v) is 5.28. The van der Waals surface area contributed by atoms with Crippen LogP contribution in [0, 0.1) is 6.92 Å². The Morgan fingerprint density at radius 2 is 2.47 bits per heavy atom. The van der Waals surface area contributed by atoms with E-state index in [2.05, 4.69) is 4.98 Å². The number of thiazole rings is 1. The van der Waals surface area contributed by atoms with Crippen molar-refractivity contribution in [3.63, 3.8) is 0 Å². The molecule has 0 aliphatic carbocycles. The van der Waals surface area contributed by atoms with Gasteiger partial charge in [-0.1, -0.05) is 0 Å². The quantitative estimate of drug-likeness (QED) is 0.864. The van der Waals surface area contributed by atoms with Gasteiger partial charge in [0.25, 0.3) is 0 Å². The number of nitrogens with zero attached hydrogens (tertiary/aromatic N) is 2. The third-order valence-electron chi connectivity index (χ3n) is 2.02. The molecule has 0 atom stereocenters. The predicted octanol–water partition coefficient (Wildman–Crippen LogP) is 2.00. The molecule has 0 bridgehead atoms. The molecule has 0 aliphatic heterocycles. The van der Waals surface area contributed by atoms with E-state index < -0.39 is 5.97 Å². The molecule has 0 spiro atoms. The molecule has 0 fully saturated rings. The molecule has 0 aromatic carbocycles. The molecule has 0 radical (unpaired) electrons. The Bertz CT molecular complexity index is 487. The standard InChI is InChI=1S/C10H10N2O2S/c1-7-5-11-9(15-7)6-12-4-2-3-8(12)10(13)14/h2-5H,6H2,1H3,(H,13,14). The van der Waals surface area contributed by atoms with E-state index in [4.69, 9.17) is 5.11 Å². The van der Waals surface area contributed by atoms with Crippen molar-refractivity contribution < 1.29 is 9.90 Å². The number of aryl methyl sites for hydroxylation is 1. The van der Waals surface area contributed by atoms with Crippen molar-refractivity contribution in [2.24, 2.45) is 0 Å². The monoisotopic (exact) mass is 222 g/mol. The molecular formula is C10H10N2O2S. The summed E-state index contributed by atoms with van der Waals surface area (Å²) in [6.45, 7) is 2.50. The van der Waals surface area contributed by atoms with Gasteiger partial charge in [-0.3, -0.25) is 0 Å². The molecule has 2 rings (SSSR count). The zero-order chi connectivity index (χ0) is 10.8. The van der Waals surface area contributed by atoms with Crippen LogP contribution >= 0.6 is 11.3 Å². The van der Waals surface area contributed by atoms with Crippen LogP contribution in [0.25, 0.3) is 0 Å². The number of aromatic nitrogens is 2. The highest BCUT2D eigenvalue weighted by Gasteiger charge is 2.09. The second kappa shape index (κ2) is 3.86. The third kappa shape index (κ3) is 2.07. The Morgan fingerprint density at radius 1 is 1.67 bits per heavy atom. The minimum atomic E-state index is -0.909. The van der Waals surface area contributed by atoms with E-state index >= 15 is 0 Å². The number of carboxylic acid groups (broad SMARTS) is 1. The fourth-order valence-corrected chi connectivity index (χ4v) is 2.15. The van der Waals surface area contributed by atoms with Gasteiger partial charge in [-0.2, -0.15) is 0 Å². The topological polar surface area (TPSA) is 55.1 Å². The van der Waals surface area contributed by atoms with Crippen molar-refractivity contribution in [3.05, 3.63) is 40.1 Å². The van der Waals surface area contributed by atoms with Gasteiger partial charge >= 0.3 is 5.97 Å². The minimum Gasteiger partial charge on any atom is -0.477 e. The molecular weight excluding hydrogens is 212 g/mol. The van der Waals surface area contributed by atoms with E-state index in [-0.39, 0.29) is 0 Å². The molecule has 2 aromatic rings. The van der Waals surface area contributed by atoms with Gasteiger partial charge in [-0.05, 0) is 19.1 Å². The molecule has 1 N–H and O–H groups in total. The molecule has 5 heteroatoms. The number of carbonyl (C=O) groups is 1. The van der Waals surface area contributed by atoms with Gasteiger partial charge < -0.3 is 9.67 Å². The van der Waals surface area contributed by atoms with Crippen LogP contribution in [-0.2, 0) is 6.54 Å². The fourth-order valence-electron chi connectivity index (χ4n) is 1.37. The molecule has 0 aliphatic rings. The van der Waals surface area contributed by atoms with Crippen LogP contribution in [0.1, 0.15) is 20.4 Å². The molecule has 15 heavy (non-hydrogen) atoms. The Hall–Kier alpha value is -1.62. The first-order chi connectivity index (χ1) is 7.16. The summed E-state index contributed by atoms with van der Waals surface area (Å²) in [6.07, 6.45) is 3.55. The Morgan fingerprint density at radius 3 is 3.07 bits per heavy atom. The number of hydrogen-bond acceptors (Lipinski definition) is 3. The molecule has 78 valence electrons. The lowest BCUT2D eigenvalue weighted by Crippen LogP contribution is -2.08. The lowest BCUT2D eigenvalue weighted by Gasteiger charge is -2.02. The van der Waals surface area contributed by atoms with E-state index in [1.807, 2.05) is 6.92 Å². The maximum atomic E-state index is 10.8. The molecule has 0 saturated carbocycles. The van der Waals surface area contributed by atoms with Gasteiger partial charge in [0.05, 0.1) is 6.54 Å². The summed E-state index contributed by atoms with van der Waals surface area (Å²) in [5, 5.41) is 9.82. The fraction of sp³-hybridized carbons (Fsp3) is 0.200. The third-order valence-corrected chi connectivity index (χ3v) is 2.92. The van der Waals surface area contributed by atoms with E-state index in [0.29, 0.717) is 12.2 Å². The zero-order valence-corrected chi connectivity index (χ0v) is 8.99. The largest absolute Gasteiger partial charge is 0.477 e. The average Bonchev–Trinajstić information content (AvgIpc) is 2.75. The number of aromatic carboxylic acids is 1. The summed E-state index contributed by atoms with van der Waals surface area (Å²) in [5.74, 6) is -0.909. The maximum Gasteiger partial charge on any atom is 0.352 e. The van der Waals surface area contributed by atoms with Gasteiger partial charge in [-0.25, -0.2) is 9.78 Å². The van der Waals surface area contributed by atoms with Crippen molar-refractivity contribution in [1.82, 2.24) is 9.55 Å². The average molecular weight is 222 g/mol. The van der Waals surface area contributed by atoms with Gasteiger partial charge in [0.1, 0.15) is 10.7 Å². The van der Waals surface area contributed by atoms with Crippen LogP contribution in [0.5, 0.6) is 0 Å². The van der Waals surface area contributed by atoms with Gasteiger partial charge in [0, 0.05) is 17.3 Å². The van der Waals surface area contributed by atoms with Crippen LogP contribution in [0.4, 0.5) is 0 Å². The normalized spacial score (nSPS) is 10.5. The van der Waals surface area contributed by atoms with Crippen LogP contribution in [0.15, 0.2) is 24.5 Å². The summed E-state index contributed by atoms with van der Waals surface area (Å²) < 4.78 is 1.68. The predicted molar refractivity (Wildman–Crippen MR) is 57.3 cm³/mol. The van der Waals surface area contributed by atoms with Crippen molar-refractivity contribution in [1.29, 1.82) is 0 Å². The minimum absolute atomic E-state index is 0.294. The Labute approximate surface area is 90.8 Å². The highest BCUT2D eigenvalue weighted by molar-refractivity contribution is 7.11. The first kappa shape index (κ1) is 9.92. The summed E-state index contributed by atoms with van der Waals surface area (Å²) in [4.78, 5) is 16.2. The SMILES string of the molecule is Cc1cnc(Cn2cccc2C(=O)O)s1. The smallest absolute Gasteiger partial charge is 0.352 e. The first-order valence-electron chi connectivity index (χ1n) is 4.46. The summed E-state index contributed by atoms with van der Waals surface area (Å²) in [7, 11) is 0. The zero-order valence-electron chi connectivity index (χ0n) is 8.17. The summed E-state index contributed by atoms with van der Waals surface area (Å²) in [5.41, 5.74) is 0.294. The summed E-state index contributed by atoms with van der Waals surface area (Å²) in [6, 6.07) is 3.31. The van der Waals surface area contributed by atoms with Crippen LogP contribution in [0.2, 0.25) is 0 Å². The van der Waals surface area contributed by atoms with Crippen LogP contribution in [-0.4, -0.2) is 20.6 Å². The van der Waals surface area contributed by atoms with Crippen molar-refractivity contribution in [2.75, 3.05) is 0 Å². The van der Waals surface area contributed by atoms with Gasteiger partial charge in [0.2, 0.25) is 0 Å². The number of hydrogen-bond donors (Lipinski definition) is 1. The second-order valence-corrected chi connectivity index (χ2v) is 4.51. The second-order valence-electron chi connectivity index (χ2n) is 3.19. The van der Waals surface area contributed by atoms with Crippen molar-refractivity contribution >= 4 is 17.3 Å². The van der Waals surface area contributed by atoms with Crippen LogP contribution in [0.3, 0.4) is 0 Å². The highest BCUT2D eigenvalue weighted by atomic mass is 32.1. The van der Waals surface area contributed by atoms with E-state index in [0.717, 1.165) is 9.88 Å². The van der Waals surface area contributed by atoms with E-state index in [1.165, 1.54) is 0 Å². The van der Waals surface area contributed by atoms with Crippen molar-refractivity contribution in [2.45, 2.75) is 13.5 Å². The lowest BCUT2D eigenvalue weighted by atomic mass is 10.4. The molecule has 0 amide bonds. The molecule has 2 aromatic heterocycles. The molecule has 0 saturated heterocycles. The molecule has 2 heterocycles. The Balaban J connectivity index is 2.24. The van der Waals surface area contributed by atoms with Crippen LogP contribution < -0.4 is 0 Å². The lowest BCUT2D eigenvalue weighted by molar-refractivity contribution is 0.0685. The Kier molecular flexibility index (Phi) is 2.55. The molecule has 4 nitrogen and oxygen atoms in total. The van der Waals surface area contributed by atoms with Gasteiger partial charge in [0.15, 0.2) is 0 Å². The van der Waals surface area contributed by atoms with E-state index in [1.54, 1.807) is 40.4 Å². The summed E-state index contributed by atoms with van der Waals surface area (Å²) >= 11 is 1.58. The van der Waals surface area contributed by atoms with Gasteiger partial charge in [-0.15, -0.1) is 11.3 Å². The number of carboxylic acids is 1. The van der Waals surface area contributed by atoms with Crippen molar-refractivity contribution in [3.8, 4) is 0 Å². The van der Waals surface area contributed by atoms with E-state index in [9.17, 15) is 4.79 Å². The number of rotatable bonds is 3. The highest BCUT2D eigenvalue weighted by Crippen LogP contribution is 2.14. The molecule has 0 unspecified atom stereocenters.